The van der Waals surface area contributed by atoms with E-state index >= 15 is 0 Å². The second-order valence-electron chi connectivity index (χ2n) is 10.7. The molecule has 0 unspecified atom stereocenters. The van der Waals surface area contributed by atoms with Gasteiger partial charge in [-0.15, -0.1) is 0 Å². The molecule has 43 heavy (non-hydrogen) atoms. The monoisotopic (exact) mass is 589 g/mol. The number of para-hydroxylation sites is 2. The molecule has 4 rings (SSSR count). The first-order chi connectivity index (χ1) is 20.7. The summed E-state index contributed by atoms with van der Waals surface area (Å²) in [7, 11) is 0. The highest BCUT2D eigenvalue weighted by Crippen LogP contribution is 2.20. The summed E-state index contributed by atoms with van der Waals surface area (Å²) < 4.78 is 0. The van der Waals surface area contributed by atoms with Crippen molar-refractivity contribution in [3.05, 3.63) is 72.1 Å². The third kappa shape index (κ3) is 7.99. The minimum atomic E-state index is -1.22. The van der Waals surface area contributed by atoms with Gasteiger partial charge in [0.25, 0.3) is 0 Å². The summed E-state index contributed by atoms with van der Waals surface area (Å²) >= 11 is 0. The predicted molar refractivity (Wildman–Crippen MR) is 164 cm³/mol. The minimum Gasteiger partial charge on any atom is -0.480 e. The summed E-state index contributed by atoms with van der Waals surface area (Å²) in [6.07, 6.45) is 5.50. The molecule has 3 amide bonds. The third-order valence-corrected chi connectivity index (χ3v) is 7.50. The van der Waals surface area contributed by atoms with Crippen LogP contribution in [0.4, 0.5) is 0 Å². The van der Waals surface area contributed by atoms with Crippen molar-refractivity contribution in [2.75, 3.05) is 6.54 Å². The number of aliphatic carboxylic acids is 1. The van der Waals surface area contributed by atoms with Crippen molar-refractivity contribution < 1.29 is 24.3 Å². The van der Waals surface area contributed by atoms with Gasteiger partial charge in [0.1, 0.15) is 18.1 Å². The van der Waals surface area contributed by atoms with Gasteiger partial charge < -0.3 is 42.5 Å². The highest BCUT2D eigenvalue weighted by Gasteiger charge is 2.29. The largest absolute Gasteiger partial charge is 0.480 e. The smallest absolute Gasteiger partial charge is 0.326 e. The summed E-state index contributed by atoms with van der Waals surface area (Å²) in [4.78, 5) is 57.7. The first-order valence-electron chi connectivity index (χ1n) is 14.4. The van der Waals surface area contributed by atoms with Crippen LogP contribution in [0.5, 0.6) is 0 Å². The van der Waals surface area contributed by atoms with Crippen molar-refractivity contribution in [3.63, 3.8) is 0 Å². The first kappa shape index (κ1) is 31.3. The van der Waals surface area contributed by atoms with E-state index in [0.29, 0.717) is 19.4 Å². The molecule has 0 saturated carbocycles. The van der Waals surface area contributed by atoms with E-state index in [-0.39, 0.29) is 12.8 Å². The van der Waals surface area contributed by atoms with Crippen LogP contribution in [-0.2, 0) is 32.0 Å². The Hall–Kier alpha value is -4.68. The van der Waals surface area contributed by atoms with Gasteiger partial charge in [-0.2, -0.15) is 0 Å². The molecular weight excluding hydrogens is 550 g/mol. The fraction of sp³-hybridized carbons (Fsp3) is 0.355. The lowest BCUT2D eigenvalue weighted by Crippen LogP contribution is -2.57. The number of carbonyl (C=O) groups excluding carboxylic acids is 3. The van der Waals surface area contributed by atoms with Crippen molar-refractivity contribution in [2.45, 2.75) is 63.2 Å². The number of carbonyl (C=O) groups is 4. The molecule has 12 nitrogen and oxygen atoms in total. The molecule has 2 aromatic heterocycles. The molecule has 0 aliphatic carbocycles. The normalized spacial score (nSPS) is 14.1. The number of nitrogens with two attached hydrogens (primary N) is 2. The second kappa shape index (κ2) is 14.5. The number of hydrogen-bond acceptors (Lipinski definition) is 6. The van der Waals surface area contributed by atoms with Crippen LogP contribution >= 0.6 is 0 Å². The topological polar surface area (TPSA) is 208 Å². The molecule has 2 aromatic carbocycles. The maximum absolute atomic E-state index is 13.5. The van der Waals surface area contributed by atoms with Crippen molar-refractivity contribution in [2.24, 2.45) is 11.5 Å². The summed E-state index contributed by atoms with van der Waals surface area (Å²) in [5.74, 6) is -2.96. The Bertz CT molecular complexity index is 1580. The SMILES string of the molecule is C[C@H](NC(=O)[C@H](Cc1c[nH]c2ccccc12)NC(=O)[C@@H](N)CCCCN)C(=O)N[C@@H](Cc1c[nH]c2ccccc12)C(=O)O. The molecule has 10 N–H and O–H groups in total. The molecular formula is C31H39N7O5. The van der Waals surface area contributed by atoms with E-state index in [0.717, 1.165) is 39.4 Å². The molecule has 2 heterocycles. The number of fused-ring (bicyclic) bond motifs is 2. The van der Waals surface area contributed by atoms with Gasteiger partial charge in [-0.25, -0.2) is 4.79 Å². The van der Waals surface area contributed by atoms with Gasteiger partial charge in [0.15, 0.2) is 0 Å². The third-order valence-electron chi connectivity index (χ3n) is 7.50. The number of aromatic amines is 2. The van der Waals surface area contributed by atoms with Gasteiger partial charge in [-0.05, 0) is 49.6 Å². The molecule has 0 spiro atoms. The lowest BCUT2D eigenvalue weighted by Gasteiger charge is -2.23. The number of rotatable bonds is 15. The molecule has 0 aliphatic rings. The highest BCUT2D eigenvalue weighted by atomic mass is 16.4. The van der Waals surface area contributed by atoms with Crippen LogP contribution in [0, 0.1) is 0 Å². The molecule has 0 radical (unpaired) electrons. The number of carboxylic acid groups (broad SMARTS) is 1. The molecule has 0 fully saturated rings. The maximum atomic E-state index is 13.5. The van der Waals surface area contributed by atoms with Crippen molar-refractivity contribution >= 4 is 45.5 Å². The van der Waals surface area contributed by atoms with E-state index in [1.165, 1.54) is 6.92 Å². The minimum absolute atomic E-state index is 0.0487. The number of carboxylic acids is 1. The summed E-state index contributed by atoms with van der Waals surface area (Å²) in [5.41, 5.74) is 14.9. The maximum Gasteiger partial charge on any atom is 0.326 e. The van der Waals surface area contributed by atoms with E-state index < -0.39 is 47.9 Å². The molecule has 0 bridgehead atoms. The molecule has 4 aromatic rings. The van der Waals surface area contributed by atoms with Crippen molar-refractivity contribution in [3.8, 4) is 0 Å². The van der Waals surface area contributed by atoms with Crippen LogP contribution in [0.2, 0.25) is 0 Å². The van der Waals surface area contributed by atoms with Gasteiger partial charge in [0.2, 0.25) is 17.7 Å². The van der Waals surface area contributed by atoms with Gasteiger partial charge >= 0.3 is 5.97 Å². The van der Waals surface area contributed by atoms with E-state index in [9.17, 15) is 24.3 Å². The van der Waals surface area contributed by atoms with E-state index in [2.05, 4.69) is 25.9 Å². The zero-order chi connectivity index (χ0) is 30.9. The average molecular weight is 590 g/mol. The number of hydrogen-bond donors (Lipinski definition) is 8. The fourth-order valence-electron chi connectivity index (χ4n) is 5.04. The lowest BCUT2D eigenvalue weighted by molar-refractivity contribution is -0.142. The van der Waals surface area contributed by atoms with Crippen molar-refractivity contribution in [1.29, 1.82) is 0 Å². The average Bonchev–Trinajstić information content (AvgIpc) is 3.60. The Labute approximate surface area is 249 Å². The Morgan fingerprint density at radius 2 is 1.30 bits per heavy atom. The molecule has 228 valence electrons. The number of nitrogens with one attached hydrogen (secondary N) is 5. The van der Waals surface area contributed by atoms with Crippen molar-refractivity contribution in [1.82, 2.24) is 25.9 Å². The summed E-state index contributed by atoms with van der Waals surface area (Å²) in [5, 5.41) is 19.5. The van der Waals surface area contributed by atoms with Crippen LogP contribution in [-0.4, -0.2) is 69.5 Å². The highest BCUT2D eigenvalue weighted by molar-refractivity contribution is 5.95. The number of benzene rings is 2. The van der Waals surface area contributed by atoms with Crippen LogP contribution in [0.25, 0.3) is 21.8 Å². The first-order valence-corrected chi connectivity index (χ1v) is 14.4. The fourth-order valence-corrected chi connectivity index (χ4v) is 5.04. The lowest BCUT2D eigenvalue weighted by atomic mass is 10.0. The zero-order valence-electron chi connectivity index (χ0n) is 24.1. The van der Waals surface area contributed by atoms with E-state index in [1.54, 1.807) is 12.4 Å². The Morgan fingerprint density at radius 3 is 1.86 bits per heavy atom. The van der Waals surface area contributed by atoms with Gasteiger partial charge in [0, 0.05) is 47.0 Å². The van der Waals surface area contributed by atoms with Gasteiger partial charge in [-0.1, -0.05) is 42.8 Å². The Balaban J connectivity index is 1.44. The molecule has 0 aliphatic heterocycles. The Kier molecular flexibility index (Phi) is 10.5. The van der Waals surface area contributed by atoms with Crippen LogP contribution < -0.4 is 27.4 Å². The second-order valence-corrected chi connectivity index (χ2v) is 10.7. The van der Waals surface area contributed by atoms with Crippen LogP contribution in [0.3, 0.4) is 0 Å². The zero-order valence-corrected chi connectivity index (χ0v) is 24.1. The number of aromatic nitrogens is 2. The summed E-state index contributed by atoms with van der Waals surface area (Å²) in [6.45, 7) is 1.95. The standard InChI is InChI=1S/C31H39N7O5/c1-18(28(39)38-27(31(42)43)15-20-17-35-25-12-5-3-9-22(20)25)36-30(41)26(37-29(40)23(33)10-6-7-13-32)14-19-16-34-24-11-4-2-8-21(19)24/h2-5,8-9,11-12,16-18,23,26-27,34-35H,6-7,10,13-15,32-33H2,1H3,(H,36,41)(H,37,40)(H,38,39)(H,42,43)/t18-,23-,26-,27-/m0/s1. The summed E-state index contributed by atoms with van der Waals surface area (Å²) in [6, 6.07) is 10.9. The van der Waals surface area contributed by atoms with Gasteiger partial charge in [-0.3, -0.25) is 14.4 Å². The quantitative estimate of drug-likeness (QED) is 0.0956. The van der Waals surface area contributed by atoms with E-state index in [1.807, 2.05) is 48.5 Å². The predicted octanol–water partition coefficient (Wildman–Crippen LogP) is 1.45. The van der Waals surface area contributed by atoms with E-state index in [4.69, 9.17) is 11.5 Å². The van der Waals surface area contributed by atoms with Crippen LogP contribution in [0.1, 0.15) is 37.3 Å². The molecule has 12 heteroatoms. The van der Waals surface area contributed by atoms with Gasteiger partial charge in [0.05, 0.1) is 6.04 Å². The molecule has 0 saturated heterocycles. The van der Waals surface area contributed by atoms with Crippen LogP contribution in [0.15, 0.2) is 60.9 Å². The number of H-pyrrole nitrogens is 2. The number of amides is 3. The molecule has 4 atom stereocenters. The number of unbranched alkanes of at least 4 members (excludes halogenated alkanes) is 1. The Morgan fingerprint density at radius 1 is 0.767 bits per heavy atom.